The van der Waals surface area contributed by atoms with Gasteiger partial charge in [-0.05, 0) is 24.1 Å². The molecule has 6 nitrogen and oxygen atoms in total. The number of aromatic nitrogens is 1. The molecule has 0 saturated heterocycles. The first-order valence-corrected chi connectivity index (χ1v) is 5.68. The molecule has 1 aromatic rings. The highest BCUT2D eigenvalue weighted by Gasteiger charge is 2.19. The molecule has 0 aromatic carbocycles. The molecule has 18 heavy (non-hydrogen) atoms. The third-order valence-corrected chi connectivity index (χ3v) is 2.52. The lowest BCUT2D eigenvalue weighted by Gasteiger charge is -2.20. The maximum absolute atomic E-state index is 11.8. The van der Waals surface area contributed by atoms with E-state index in [1.807, 2.05) is 0 Å². The van der Waals surface area contributed by atoms with Crippen LogP contribution in [0.4, 0.5) is 4.79 Å². The van der Waals surface area contributed by atoms with Gasteiger partial charge in [0.1, 0.15) is 6.04 Å². The number of aliphatic carboxylic acids is 1. The van der Waals surface area contributed by atoms with Gasteiger partial charge < -0.3 is 15.3 Å². The Hall–Kier alpha value is -2.11. The van der Waals surface area contributed by atoms with Crippen molar-refractivity contribution in [1.82, 2.24) is 15.2 Å². The van der Waals surface area contributed by atoms with Gasteiger partial charge in [-0.25, -0.2) is 9.59 Å². The molecule has 2 amide bonds. The lowest BCUT2D eigenvalue weighted by molar-refractivity contribution is -0.139. The summed E-state index contributed by atoms with van der Waals surface area (Å²) in [7, 11) is 1.62. The molecule has 98 valence electrons. The number of carbonyl (C=O) groups is 2. The summed E-state index contributed by atoms with van der Waals surface area (Å²) >= 11 is 0. The quantitative estimate of drug-likeness (QED) is 0.820. The second kappa shape index (κ2) is 6.58. The minimum absolute atomic E-state index is 0.351. The Balaban J connectivity index is 2.54. The standard InChI is InChI=1S/C12H17N3O3/c1-3-10(11(16)17)14-12(18)15(2)8-9-4-6-13-7-5-9/h4-7,10H,3,8H2,1-2H3,(H,14,18)(H,16,17)/t10-/m1/s1. The number of rotatable bonds is 5. The number of carboxylic acid groups (broad SMARTS) is 1. The molecule has 0 bridgehead atoms. The van der Waals surface area contributed by atoms with Crippen molar-refractivity contribution in [2.75, 3.05) is 7.05 Å². The number of carbonyl (C=O) groups excluding carboxylic acids is 1. The van der Waals surface area contributed by atoms with Crippen LogP contribution >= 0.6 is 0 Å². The van der Waals surface area contributed by atoms with E-state index < -0.39 is 18.0 Å². The third kappa shape index (κ3) is 4.04. The molecule has 0 aliphatic heterocycles. The van der Waals surface area contributed by atoms with E-state index in [0.717, 1.165) is 5.56 Å². The average Bonchev–Trinajstić information content (AvgIpc) is 2.36. The highest BCUT2D eigenvalue weighted by molar-refractivity contribution is 5.82. The number of amides is 2. The smallest absolute Gasteiger partial charge is 0.326 e. The van der Waals surface area contributed by atoms with E-state index in [2.05, 4.69) is 10.3 Å². The van der Waals surface area contributed by atoms with Crippen molar-refractivity contribution in [1.29, 1.82) is 0 Å². The zero-order valence-electron chi connectivity index (χ0n) is 10.5. The van der Waals surface area contributed by atoms with Crippen LogP contribution in [0.3, 0.4) is 0 Å². The van der Waals surface area contributed by atoms with Gasteiger partial charge in [-0.15, -0.1) is 0 Å². The predicted octanol–water partition coefficient (Wildman–Crippen LogP) is 1.09. The Morgan fingerprint density at radius 2 is 2.06 bits per heavy atom. The number of carboxylic acids is 1. The molecule has 0 fully saturated rings. The molecule has 0 unspecified atom stereocenters. The number of urea groups is 1. The molecule has 0 spiro atoms. The van der Waals surface area contributed by atoms with Gasteiger partial charge in [0.2, 0.25) is 0 Å². The Kier molecular flexibility index (Phi) is 5.10. The monoisotopic (exact) mass is 251 g/mol. The number of pyridine rings is 1. The zero-order chi connectivity index (χ0) is 13.5. The van der Waals surface area contributed by atoms with Crippen LogP contribution in [-0.4, -0.2) is 40.1 Å². The SMILES string of the molecule is CC[C@@H](NC(=O)N(C)Cc1ccncc1)C(=O)O. The molecule has 1 atom stereocenters. The maximum Gasteiger partial charge on any atom is 0.326 e. The highest BCUT2D eigenvalue weighted by Crippen LogP contribution is 2.02. The fourth-order valence-electron chi connectivity index (χ4n) is 1.43. The summed E-state index contributed by atoms with van der Waals surface area (Å²) < 4.78 is 0. The largest absolute Gasteiger partial charge is 0.480 e. The van der Waals surface area contributed by atoms with E-state index in [4.69, 9.17) is 5.11 Å². The van der Waals surface area contributed by atoms with Crippen molar-refractivity contribution >= 4 is 12.0 Å². The molecule has 0 aliphatic carbocycles. The van der Waals surface area contributed by atoms with Crippen molar-refractivity contribution in [2.24, 2.45) is 0 Å². The summed E-state index contributed by atoms with van der Waals surface area (Å²) in [6, 6.07) is 2.36. The number of hydrogen-bond donors (Lipinski definition) is 2. The highest BCUT2D eigenvalue weighted by atomic mass is 16.4. The fraction of sp³-hybridized carbons (Fsp3) is 0.417. The van der Waals surface area contributed by atoms with Crippen LogP contribution in [0.15, 0.2) is 24.5 Å². The van der Waals surface area contributed by atoms with Gasteiger partial charge in [0.05, 0.1) is 0 Å². The lowest BCUT2D eigenvalue weighted by Crippen LogP contribution is -2.46. The molecule has 0 aliphatic rings. The van der Waals surface area contributed by atoms with E-state index in [1.54, 1.807) is 38.5 Å². The van der Waals surface area contributed by atoms with Crippen molar-refractivity contribution in [2.45, 2.75) is 25.9 Å². The lowest BCUT2D eigenvalue weighted by atomic mass is 10.2. The summed E-state index contributed by atoms with van der Waals surface area (Å²) in [6.07, 6.45) is 3.64. The molecule has 2 N–H and O–H groups in total. The van der Waals surface area contributed by atoms with E-state index in [-0.39, 0.29) is 0 Å². The van der Waals surface area contributed by atoms with Crippen molar-refractivity contribution in [3.8, 4) is 0 Å². The second-order valence-electron chi connectivity index (χ2n) is 3.96. The van der Waals surface area contributed by atoms with Gasteiger partial charge in [0.15, 0.2) is 0 Å². The van der Waals surface area contributed by atoms with Crippen LogP contribution in [0.5, 0.6) is 0 Å². The van der Waals surface area contributed by atoms with Gasteiger partial charge in [-0.2, -0.15) is 0 Å². The third-order valence-electron chi connectivity index (χ3n) is 2.52. The Morgan fingerprint density at radius 3 is 2.56 bits per heavy atom. The van der Waals surface area contributed by atoms with E-state index in [1.165, 1.54) is 4.90 Å². The first-order chi connectivity index (χ1) is 8.54. The predicted molar refractivity (Wildman–Crippen MR) is 66.0 cm³/mol. The van der Waals surface area contributed by atoms with E-state index in [9.17, 15) is 9.59 Å². The van der Waals surface area contributed by atoms with E-state index >= 15 is 0 Å². The molecular formula is C12H17N3O3. The van der Waals surface area contributed by atoms with Crippen LogP contribution < -0.4 is 5.32 Å². The zero-order valence-corrected chi connectivity index (χ0v) is 10.5. The van der Waals surface area contributed by atoms with Crippen LogP contribution in [-0.2, 0) is 11.3 Å². The van der Waals surface area contributed by atoms with Crippen LogP contribution in [0.2, 0.25) is 0 Å². The van der Waals surface area contributed by atoms with Crippen molar-refractivity contribution in [3.63, 3.8) is 0 Å². The molecule has 1 rings (SSSR count). The molecular weight excluding hydrogens is 234 g/mol. The second-order valence-corrected chi connectivity index (χ2v) is 3.96. The topological polar surface area (TPSA) is 82.5 Å². The van der Waals surface area contributed by atoms with Crippen molar-refractivity contribution < 1.29 is 14.7 Å². The average molecular weight is 251 g/mol. The molecule has 1 heterocycles. The number of hydrogen-bond acceptors (Lipinski definition) is 3. The fourth-order valence-corrected chi connectivity index (χ4v) is 1.43. The van der Waals surface area contributed by atoms with Crippen LogP contribution in [0, 0.1) is 0 Å². The molecule has 0 radical (unpaired) electrons. The maximum atomic E-state index is 11.8. The van der Waals surface area contributed by atoms with Gasteiger partial charge in [-0.3, -0.25) is 4.98 Å². The molecule has 6 heteroatoms. The molecule has 0 saturated carbocycles. The van der Waals surface area contributed by atoms with Gasteiger partial charge in [0, 0.05) is 26.0 Å². The van der Waals surface area contributed by atoms with Gasteiger partial charge >= 0.3 is 12.0 Å². The summed E-state index contributed by atoms with van der Waals surface area (Å²) in [4.78, 5) is 27.9. The van der Waals surface area contributed by atoms with Gasteiger partial charge in [-0.1, -0.05) is 6.92 Å². The normalized spacial score (nSPS) is 11.7. The first-order valence-electron chi connectivity index (χ1n) is 5.68. The number of nitrogens with zero attached hydrogens (tertiary/aromatic N) is 2. The van der Waals surface area contributed by atoms with E-state index in [0.29, 0.717) is 13.0 Å². The minimum atomic E-state index is -1.02. The summed E-state index contributed by atoms with van der Waals surface area (Å²) in [5.74, 6) is -1.02. The Labute approximate surface area is 106 Å². The Morgan fingerprint density at radius 1 is 1.44 bits per heavy atom. The Bertz CT molecular complexity index is 408. The van der Waals surface area contributed by atoms with Gasteiger partial charge in [0.25, 0.3) is 0 Å². The summed E-state index contributed by atoms with van der Waals surface area (Å²) in [5.41, 5.74) is 0.936. The summed E-state index contributed by atoms with van der Waals surface area (Å²) in [6.45, 7) is 2.12. The van der Waals surface area contributed by atoms with Crippen LogP contribution in [0.1, 0.15) is 18.9 Å². The molecule has 1 aromatic heterocycles. The first kappa shape index (κ1) is 14.0. The van der Waals surface area contributed by atoms with Crippen molar-refractivity contribution in [3.05, 3.63) is 30.1 Å². The minimum Gasteiger partial charge on any atom is -0.480 e. The van der Waals surface area contributed by atoms with Crippen LogP contribution in [0.25, 0.3) is 0 Å². The summed E-state index contributed by atoms with van der Waals surface area (Å²) in [5, 5.41) is 11.3. The number of nitrogens with one attached hydrogen (secondary N) is 1.